The highest BCUT2D eigenvalue weighted by Gasteiger charge is 2.10. The molecule has 0 saturated heterocycles. The lowest BCUT2D eigenvalue weighted by Crippen LogP contribution is -2.20. The Morgan fingerprint density at radius 2 is 1.71 bits per heavy atom. The SMILES string of the molecule is CCc1ccc(OCC(=O)Nc2nc(-c3ccc(-c4ccccc4)cc3)cs2)c(Br)c1. The summed E-state index contributed by atoms with van der Waals surface area (Å²) in [5, 5.41) is 5.30. The molecule has 0 spiro atoms. The molecule has 31 heavy (non-hydrogen) atoms. The van der Waals surface area contributed by atoms with Crippen molar-refractivity contribution in [1.82, 2.24) is 4.98 Å². The van der Waals surface area contributed by atoms with E-state index in [9.17, 15) is 4.79 Å². The van der Waals surface area contributed by atoms with Crippen molar-refractivity contribution >= 4 is 38.3 Å². The molecule has 156 valence electrons. The standard InChI is InChI=1S/C25H21BrN2O2S/c1-2-17-8-13-23(21(26)14-17)30-15-24(29)28-25-27-22(16-31-25)20-11-9-19(10-12-20)18-6-4-3-5-7-18/h3-14,16H,2,15H2,1H3,(H,27,28,29). The van der Waals surface area contributed by atoms with E-state index in [4.69, 9.17) is 4.74 Å². The maximum atomic E-state index is 12.3. The molecule has 0 aliphatic heterocycles. The molecule has 4 nitrogen and oxygen atoms in total. The maximum absolute atomic E-state index is 12.3. The molecule has 4 aromatic rings. The van der Waals surface area contributed by atoms with E-state index in [1.54, 1.807) is 0 Å². The minimum Gasteiger partial charge on any atom is -0.483 e. The van der Waals surface area contributed by atoms with Crippen LogP contribution in [0.25, 0.3) is 22.4 Å². The molecule has 0 bridgehead atoms. The summed E-state index contributed by atoms with van der Waals surface area (Å²) in [4.78, 5) is 16.8. The molecule has 0 aliphatic carbocycles. The van der Waals surface area contributed by atoms with Crippen LogP contribution in [-0.2, 0) is 11.2 Å². The number of aromatic nitrogens is 1. The second kappa shape index (κ2) is 9.90. The van der Waals surface area contributed by atoms with Crippen LogP contribution in [-0.4, -0.2) is 17.5 Å². The number of carbonyl (C=O) groups excluding carboxylic acids is 1. The van der Waals surface area contributed by atoms with Crippen LogP contribution in [0.1, 0.15) is 12.5 Å². The Morgan fingerprint density at radius 3 is 2.42 bits per heavy atom. The molecular weight excluding hydrogens is 472 g/mol. The lowest BCUT2D eigenvalue weighted by molar-refractivity contribution is -0.118. The Balaban J connectivity index is 1.36. The van der Waals surface area contributed by atoms with Gasteiger partial charge in [0.15, 0.2) is 11.7 Å². The number of hydrogen-bond donors (Lipinski definition) is 1. The van der Waals surface area contributed by atoms with Crippen LogP contribution in [0.15, 0.2) is 82.6 Å². The quantitative estimate of drug-likeness (QED) is 0.307. The molecule has 0 saturated carbocycles. The van der Waals surface area contributed by atoms with Crippen LogP contribution in [0.4, 0.5) is 5.13 Å². The summed E-state index contributed by atoms with van der Waals surface area (Å²) in [7, 11) is 0. The fourth-order valence-electron chi connectivity index (χ4n) is 3.11. The number of carbonyl (C=O) groups is 1. The van der Waals surface area contributed by atoms with Crippen LogP contribution < -0.4 is 10.1 Å². The maximum Gasteiger partial charge on any atom is 0.264 e. The first kappa shape index (κ1) is 21.3. The van der Waals surface area contributed by atoms with E-state index < -0.39 is 0 Å². The fourth-order valence-corrected chi connectivity index (χ4v) is 4.38. The van der Waals surface area contributed by atoms with Gasteiger partial charge in [-0.2, -0.15) is 0 Å². The number of rotatable bonds is 7. The number of anilines is 1. The lowest BCUT2D eigenvalue weighted by Gasteiger charge is -2.09. The van der Waals surface area contributed by atoms with Crippen molar-refractivity contribution in [3.05, 3.63) is 88.2 Å². The van der Waals surface area contributed by atoms with Crippen molar-refractivity contribution in [3.8, 4) is 28.1 Å². The molecule has 1 heterocycles. The van der Waals surface area contributed by atoms with Crippen molar-refractivity contribution in [1.29, 1.82) is 0 Å². The number of amides is 1. The largest absolute Gasteiger partial charge is 0.483 e. The summed E-state index contributed by atoms with van der Waals surface area (Å²) in [6, 6.07) is 24.4. The Hall–Kier alpha value is -2.96. The predicted molar refractivity (Wildman–Crippen MR) is 131 cm³/mol. The summed E-state index contributed by atoms with van der Waals surface area (Å²) in [6.45, 7) is 2.01. The Labute approximate surface area is 194 Å². The van der Waals surface area contributed by atoms with Gasteiger partial charge >= 0.3 is 0 Å². The Morgan fingerprint density at radius 1 is 1.00 bits per heavy atom. The van der Waals surface area contributed by atoms with Gasteiger partial charge in [0.1, 0.15) is 5.75 Å². The zero-order valence-electron chi connectivity index (χ0n) is 17.0. The van der Waals surface area contributed by atoms with Crippen molar-refractivity contribution in [2.45, 2.75) is 13.3 Å². The number of nitrogens with zero attached hydrogens (tertiary/aromatic N) is 1. The topological polar surface area (TPSA) is 51.2 Å². The third kappa shape index (κ3) is 5.40. The monoisotopic (exact) mass is 492 g/mol. The third-order valence-corrected chi connectivity index (χ3v) is 6.18. The number of thiazole rings is 1. The van der Waals surface area contributed by atoms with Crippen molar-refractivity contribution in [3.63, 3.8) is 0 Å². The lowest BCUT2D eigenvalue weighted by atomic mass is 10.0. The molecule has 1 aromatic heterocycles. The number of nitrogens with one attached hydrogen (secondary N) is 1. The van der Waals surface area contributed by atoms with Gasteiger partial charge in [-0.15, -0.1) is 11.3 Å². The van der Waals surface area contributed by atoms with Gasteiger partial charge in [-0.25, -0.2) is 4.98 Å². The molecule has 0 aliphatic rings. The number of benzene rings is 3. The van der Waals surface area contributed by atoms with Crippen LogP contribution in [0, 0.1) is 0 Å². The highest BCUT2D eigenvalue weighted by atomic mass is 79.9. The molecule has 0 unspecified atom stereocenters. The minimum absolute atomic E-state index is 0.0786. The minimum atomic E-state index is -0.244. The summed E-state index contributed by atoms with van der Waals surface area (Å²) in [5.41, 5.74) is 5.38. The molecule has 1 amide bonds. The molecule has 0 fully saturated rings. The fraction of sp³-hybridized carbons (Fsp3) is 0.120. The highest BCUT2D eigenvalue weighted by molar-refractivity contribution is 9.10. The van der Waals surface area contributed by atoms with E-state index in [1.165, 1.54) is 22.5 Å². The summed E-state index contributed by atoms with van der Waals surface area (Å²) in [5.74, 6) is 0.400. The van der Waals surface area contributed by atoms with Gasteiger partial charge in [-0.1, -0.05) is 67.6 Å². The van der Waals surface area contributed by atoms with Gasteiger partial charge < -0.3 is 4.74 Å². The Bertz CT molecular complexity index is 1170. The van der Waals surface area contributed by atoms with Gasteiger partial charge in [0.2, 0.25) is 0 Å². The van der Waals surface area contributed by atoms with E-state index >= 15 is 0 Å². The van der Waals surface area contributed by atoms with Crippen LogP contribution >= 0.6 is 27.3 Å². The summed E-state index contributed by atoms with van der Waals surface area (Å²) in [6.07, 6.45) is 0.945. The van der Waals surface area contributed by atoms with Gasteiger partial charge in [-0.3, -0.25) is 10.1 Å². The van der Waals surface area contributed by atoms with E-state index in [0.29, 0.717) is 10.9 Å². The highest BCUT2D eigenvalue weighted by Crippen LogP contribution is 2.28. The number of halogens is 1. The molecule has 1 N–H and O–H groups in total. The molecule has 0 atom stereocenters. The van der Waals surface area contributed by atoms with Crippen LogP contribution in [0.2, 0.25) is 0 Å². The molecule has 3 aromatic carbocycles. The second-order valence-corrected chi connectivity index (χ2v) is 8.65. The first-order valence-corrected chi connectivity index (χ1v) is 11.6. The van der Waals surface area contributed by atoms with E-state index in [1.807, 2.05) is 53.9 Å². The van der Waals surface area contributed by atoms with Gasteiger partial charge in [-0.05, 0) is 51.2 Å². The first-order chi connectivity index (χ1) is 15.1. The second-order valence-electron chi connectivity index (χ2n) is 6.94. The third-order valence-electron chi connectivity index (χ3n) is 4.80. The summed E-state index contributed by atoms with van der Waals surface area (Å²) < 4.78 is 6.48. The van der Waals surface area contributed by atoms with Gasteiger partial charge in [0, 0.05) is 10.9 Å². The van der Waals surface area contributed by atoms with E-state index in [2.05, 4.69) is 57.4 Å². The smallest absolute Gasteiger partial charge is 0.264 e. The van der Waals surface area contributed by atoms with Crippen molar-refractivity contribution < 1.29 is 9.53 Å². The summed E-state index contributed by atoms with van der Waals surface area (Å²) >= 11 is 4.88. The van der Waals surface area contributed by atoms with Crippen LogP contribution in [0.5, 0.6) is 5.75 Å². The zero-order chi connectivity index (χ0) is 21.6. The molecular formula is C25H21BrN2O2S. The van der Waals surface area contributed by atoms with Crippen molar-refractivity contribution in [2.75, 3.05) is 11.9 Å². The number of hydrogen-bond acceptors (Lipinski definition) is 4. The number of aryl methyl sites for hydroxylation is 1. The predicted octanol–water partition coefficient (Wildman–Crippen LogP) is 6.82. The van der Waals surface area contributed by atoms with Gasteiger partial charge in [0.05, 0.1) is 10.2 Å². The number of ether oxygens (including phenoxy) is 1. The molecule has 6 heteroatoms. The average molecular weight is 493 g/mol. The molecule has 0 radical (unpaired) electrons. The first-order valence-electron chi connectivity index (χ1n) is 9.95. The normalized spacial score (nSPS) is 10.6. The average Bonchev–Trinajstić information content (AvgIpc) is 3.27. The van der Waals surface area contributed by atoms with Gasteiger partial charge in [0.25, 0.3) is 5.91 Å². The van der Waals surface area contributed by atoms with E-state index in [-0.39, 0.29) is 12.5 Å². The molecule has 4 rings (SSSR count). The van der Waals surface area contributed by atoms with Crippen molar-refractivity contribution in [2.24, 2.45) is 0 Å². The van der Waals surface area contributed by atoms with Crippen LogP contribution in [0.3, 0.4) is 0 Å². The van der Waals surface area contributed by atoms with E-state index in [0.717, 1.165) is 27.7 Å². The zero-order valence-corrected chi connectivity index (χ0v) is 19.4. The Kier molecular flexibility index (Phi) is 6.79.